The highest BCUT2D eigenvalue weighted by molar-refractivity contribution is 7.88. The molecule has 30 heavy (non-hydrogen) atoms. The first-order valence-electron chi connectivity index (χ1n) is 9.50. The first-order chi connectivity index (χ1) is 14.5. The molecular weight excluding hydrogens is 404 g/mol. The molecule has 1 N–H and O–H groups in total. The zero-order chi connectivity index (χ0) is 21.0. The van der Waals surface area contributed by atoms with Gasteiger partial charge in [0.1, 0.15) is 6.10 Å². The summed E-state index contributed by atoms with van der Waals surface area (Å²) in [6.07, 6.45) is 5.87. The SMILES string of the molecule is Cc1ccc(CS(=O)(=O)N2CCO[C@H](c3cncc(Nc4ncccn4)n3)C2)cc1. The molecule has 0 unspecified atom stereocenters. The molecule has 156 valence electrons. The second-order valence-corrected chi connectivity index (χ2v) is 8.95. The minimum absolute atomic E-state index is 0.0430. The second kappa shape index (κ2) is 8.82. The molecule has 1 aliphatic rings. The molecule has 3 aromatic rings. The van der Waals surface area contributed by atoms with E-state index >= 15 is 0 Å². The first kappa shape index (κ1) is 20.3. The van der Waals surface area contributed by atoms with E-state index in [0.717, 1.165) is 11.1 Å². The predicted molar refractivity (Wildman–Crippen MR) is 111 cm³/mol. The van der Waals surface area contributed by atoms with Crippen molar-refractivity contribution in [3.8, 4) is 0 Å². The van der Waals surface area contributed by atoms with Gasteiger partial charge in [0.25, 0.3) is 0 Å². The van der Waals surface area contributed by atoms with Gasteiger partial charge in [0.2, 0.25) is 16.0 Å². The van der Waals surface area contributed by atoms with Crippen LogP contribution in [0.15, 0.2) is 55.1 Å². The van der Waals surface area contributed by atoms with Crippen LogP contribution in [0, 0.1) is 6.92 Å². The number of hydrogen-bond donors (Lipinski definition) is 1. The number of aryl methyl sites for hydroxylation is 1. The summed E-state index contributed by atoms with van der Waals surface area (Å²) in [6, 6.07) is 9.23. The number of hydrogen-bond acceptors (Lipinski definition) is 8. The minimum Gasteiger partial charge on any atom is -0.369 e. The van der Waals surface area contributed by atoms with Gasteiger partial charge in [-0.2, -0.15) is 4.31 Å². The largest absolute Gasteiger partial charge is 0.369 e. The molecule has 0 amide bonds. The molecule has 0 bridgehead atoms. The molecular formula is C20H22N6O3S. The number of rotatable bonds is 6. The van der Waals surface area contributed by atoms with Gasteiger partial charge in [0, 0.05) is 25.5 Å². The van der Waals surface area contributed by atoms with Crippen molar-refractivity contribution in [2.45, 2.75) is 18.8 Å². The fourth-order valence-corrected chi connectivity index (χ4v) is 4.63. The monoisotopic (exact) mass is 426 g/mol. The Bertz CT molecular complexity index is 1090. The summed E-state index contributed by atoms with van der Waals surface area (Å²) in [4.78, 5) is 16.9. The van der Waals surface area contributed by atoms with Crippen molar-refractivity contribution < 1.29 is 13.2 Å². The zero-order valence-electron chi connectivity index (χ0n) is 16.5. The molecule has 1 aliphatic heterocycles. The van der Waals surface area contributed by atoms with E-state index < -0.39 is 16.1 Å². The van der Waals surface area contributed by atoms with Crippen molar-refractivity contribution in [1.29, 1.82) is 0 Å². The van der Waals surface area contributed by atoms with E-state index in [9.17, 15) is 8.42 Å². The highest BCUT2D eigenvalue weighted by Gasteiger charge is 2.31. The van der Waals surface area contributed by atoms with Gasteiger partial charge in [-0.3, -0.25) is 4.98 Å². The Labute approximate surface area is 175 Å². The quantitative estimate of drug-likeness (QED) is 0.639. The fraction of sp³-hybridized carbons (Fsp3) is 0.300. The zero-order valence-corrected chi connectivity index (χ0v) is 17.3. The molecule has 1 aromatic carbocycles. The van der Waals surface area contributed by atoms with Crippen LogP contribution >= 0.6 is 0 Å². The van der Waals surface area contributed by atoms with Crippen molar-refractivity contribution >= 4 is 21.8 Å². The average Bonchev–Trinajstić information content (AvgIpc) is 2.76. The first-order valence-corrected chi connectivity index (χ1v) is 11.1. The van der Waals surface area contributed by atoms with E-state index in [1.165, 1.54) is 4.31 Å². The third-order valence-electron chi connectivity index (χ3n) is 4.68. The lowest BCUT2D eigenvalue weighted by atomic mass is 10.2. The molecule has 0 radical (unpaired) electrons. The number of nitrogens with zero attached hydrogens (tertiary/aromatic N) is 5. The average molecular weight is 427 g/mol. The predicted octanol–water partition coefficient (Wildman–Crippen LogP) is 2.22. The van der Waals surface area contributed by atoms with Gasteiger partial charge >= 0.3 is 0 Å². The Kier molecular flexibility index (Phi) is 5.98. The van der Waals surface area contributed by atoms with E-state index in [4.69, 9.17) is 4.74 Å². The van der Waals surface area contributed by atoms with E-state index in [2.05, 4.69) is 25.3 Å². The van der Waals surface area contributed by atoms with Gasteiger partial charge in [-0.05, 0) is 18.6 Å². The summed E-state index contributed by atoms with van der Waals surface area (Å²) in [7, 11) is -3.48. The molecule has 1 saturated heterocycles. The lowest BCUT2D eigenvalue weighted by Crippen LogP contribution is -2.43. The molecule has 0 spiro atoms. The summed E-state index contributed by atoms with van der Waals surface area (Å²) in [6.45, 7) is 2.76. The Morgan fingerprint density at radius 1 is 1.17 bits per heavy atom. The third-order valence-corrected chi connectivity index (χ3v) is 6.50. The van der Waals surface area contributed by atoms with E-state index in [0.29, 0.717) is 30.6 Å². The standard InChI is InChI=1S/C20H22N6O3S/c1-15-3-5-16(6-4-15)14-30(27,28)26-9-10-29-18(13-26)17-11-21-12-19(24-17)25-20-22-7-2-8-23-20/h2-8,11-12,18H,9-10,13-14H2,1H3,(H,22,23,24,25)/t18-/m0/s1. The Hall–Kier alpha value is -2.95. The molecule has 2 aromatic heterocycles. The van der Waals surface area contributed by atoms with Crippen LogP contribution in [0.1, 0.15) is 22.9 Å². The van der Waals surface area contributed by atoms with Crippen LogP contribution in [0.4, 0.5) is 11.8 Å². The Morgan fingerprint density at radius 3 is 2.70 bits per heavy atom. The fourth-order valence-electron chi connectivity index (χ4n) is 3.12. The van der Waals surface area contributed by atoms with Crippen molar-refractivity contribution in [2.24, 2.45) is 0 Å². The summed E-state index contributed by atoms with van der Waals surface area (Å²) < 4.78 is 33.1. The number of sulfonamides is 1. The lowest BCUT2D eigenvalue weighted by Gasteiger charge is -2.31. The van der Waals surface area contributed by atoms with Crippen LogP contribution in [0.3, 0.4) is 0 Å². The number of benzene rings is 1. The lowest BCUT2D eigenvalue weighted by molar-refractivity contribution is -0.00511. The molecule has 3 heterocycles. The maximum atomic E-state index is 12.9. The minimum atomic E-state index is -3.48. The number of ether oxygens (including phenoxy) is 1. The van der Waals surface area contributed by atoms with Gasteiger partial charge in [-0.25, -0.2) is 23.4 Å². The van der Waals surface area contributed by atoms with Gasteiger partial charge in [0.05, 0.1) is 30.4 Å². The van der Waals surface area contributed by atoms with Crippen LogP contribution in [0.5, 0.6) is 0 Å². The number of anilines is 2. The summed E-state index contributed by atoms with van der Waals surface area (Å²) >= 11 is 0. The normalized spacial score (nSPS) is 17.6. The third kappa shape index (κ3) is 4.96. The van der Waals surface area contributed by atoms with E-state index in [-0.39, 0.29) is 12.3 Å². The molecule has 0 saturated carbocycles. The van der Waals surface area contributed by atoms with Gasteiger partial charge in [0.15, 0.2) is 5.82 Å². The highest BCUT2D eigenvalue weighted by Crippen LogP contribution is 2.24. The maximum absolute atomic E-state index is 12.9. The van der Waals surface area contributed by atoms with Crippen LogP contribution in [0.2, 0.25) is 0 Å². The van der Waals surface area contributed by atoms with Gasteiger partial charge in [-0.15, -0.1) is 0 Å². The smallest absolute Gasteiger partial charge is 0.228 e. The van der Waals surface area contributed by atoms with Crippen molar-refractivity contribution in [2.75, 3.05) is 25.0 Å². The van der Waals surface area contributed by atoms with Crippen LogP contribution in [-0.4, -0.2) is 52.4 Å². The van der Waals surface area contributed by atoms with E-state index in [1.807, 2.05) is 31.2 Å². The van der Waals surface area contributed by atoms with Crippen LogP contribution in [0.25, 0.3) is 0 Å². The highest BCUT2D eigenvalue weighted by atomic mass is 32.2. The van der Waals surface area contributed by atoms with Crippen molar-refractivity contribution in [1.82, 2.24) is 24.2 Å². The molecule has 1 atom stereocenters. The number of aromatic nitrogens is 4. The van der Waals surface area contributed by atoms with Gasteiger partial charge in [-0.1, -0.05) is 29.8 Å². The molecule has 10 heteroatoms. The summed E-state index contributed by atoms with van der Waals surface area (Å²) in [5.41, 5.74) is 2.40. The number of nitrogens with one attached hydrogen (secondary N) is 1. The van der Waals surface area contributed by atoms with E-state index in [1.54, 1.807) is 30.9 Å². The summed E-state index contributed by atoms with van der Waals surface area (Å²) in [5, 5.41) is 2.98. The molecule has 4 rings (SSSR count). The van der Waals surface area contributed by atoms with Crippen LogP contribution in [-0.2, 0) is 20.5 Å². The molecule has 0 aliphatic carbocycles. The topological polar surface area (TPSA) is 110 Å². The Morgan fingerprint density at radius 2 is 1.93 bits per heavy atom. The van der Waals surface area contributed by atoms with Crippen LogP contribution < -0.4 is 5.32 Å². The van der Waals surface area contributed by atoms with Gasteiger partial charge < -0.3 is 10.1 Å². The Balaban J connectivity index is 1.47. The second-order valence-electron chi connectivity index (χ2n) is 6.99. The number of morpholine rings is 1. The molecule has 9 nitrogen and oxygen atoms in total. The van der Waals surface area contributed by atoms with Crippen molar-refractivity contribution in [3.63, 3.8) is 0 Å². The molecule has 1 fully saturated rings. The maximum Gasteiger partial charge on any atom is 0.228 e. The van der Waals surface area contributed by atoms with Crippen molar-refractivity contribution in [3.05, 3.63) is 71.9 Å². The summed E-state index contributed by atoms with van der Waals surface area (Å²) in [5.74, 6) is 0.816.